The normalized spacial score (nSPS) is 12.7. The summed E-state index contributed by atoms with van der Waals surface area (Å²) in [7, 11) is 0. The molecule has 0 saturated heterocycles. The Balaban J connectivity index is 0.000000220. The predicted octanol–water partition coefficient (Wildman–Crippen LogP) is 10.7. The maximum Gasteiger partial charge on any atom is 0.129 e. The van der Waals surface area contributed by atoms with E-state index in [1.54, 1.807) is 11.3 Å². The van der Waals surface area contributed by atoms with E-state index >= 15 is 0 Å². The fourth-order valence-electron chi connectivity index (χ4n) is 5.08. The van der Waals surface area contributed by atoms with Crippen molar-refractivity contribution in [1.82, 2.24) is 9.97 Å². The van der Waals surface area contributed by atoms with E-state index in [-0.39, 0.29) is 31.1 Å². The fourth-order valence-corrected chi connectivity index (χ4v) is 5.87. The monoisotopic (exact) mass is 762 g/mol. The largest absolute Gasteiger partial charge is 0.500 e. The Morgan fingerprint density at radius 3 is 2.28 bits per heavy atom. The van der Waals surface area contributed by atoms with Gasteiger partial charge in [0.1, 0.15) is 5.58 Å². The summed E-state index contributed by atoms with van der Waals surface area (Å²) >= 11 is 1.69. The molecule has 0 aliphatic heterocycles. The number of hydrogen-bond donors (Lipinski definition) is 0. The fraction of sp³-hybridized carbons (Fsp3) is 0.211. The minimum Gasteiger partial charge on any atom is -0.500 e. The summed E-state index contributed by atoms with van der Waals surface area (Å²) in [6.07, 6.45) is 3.40. The number of benzene rings is 3. The molecule has 219 valence electrons. The molecule has 0 saturated carbocycles. The molecule has 0 aliphatic carbocycles. The molecule has 3 nitrogen and oxygen atoms in total. The van der Waals surface area contributed by atoms with Crippen molar-refractivity contribution in [3.63, 3.8) is 0 Å². The van der Waals surface area contributed by atoms with E-state index in [9.17, 15) is 0 Å². The molecule has 0 fully saturated rings. The first kappa shape index (κ1) is 27.0. The van der Waals surface area contributed by atoms with E-state index in [0.29, 0.717) is 5.69 Å². The van der Waals surface area contributed by atoms with Crippen LogP contribution in [0.15, 0.2) is 82.9 Å². The van der Waals surface area contributed by atoms with E-state index < -0.39 is 6.85 Å². The van der Waals surface area contributed by atoms with Crippen LogP contribution in [0.2, 0.25) is 0 Å². The van der Waals surface area contributed by atoms with Gasteiger partial charge in [-0.1, -0.05) is 62.4 Å². The Kier molecular flexibility index (Phi) is 7.63. The van der Waals surface area contributed by atoms with Crippen LogP contribution in [0.1, 0.15) is 52.7 Å². The second-order valence-electron chi connectivity index (χ2n) is 11.8. The van der Waals surface area contributed by atoms with Crippen molar-refractivity contribution in [2.24, 2.45) is 0 Å². The van der Waals surface area contributed by atoms with Gasteiger partial charge in [0.2, 0.25) is 0 Å². The number of rotatable bonds is 2. The zero-order valence-electron chi connectivity index (χ0n) is 28.0. The number of fused-ring (bicyclic) bond motifs is 5. The van der Waals surface area contributed by atoms with Crippen LogP contribution in [0.5, 0.6) is 0 Å². The van der Waals surface area contributed by atoms with E-state index in [2.05, 4.69) is 84.7 Å². The average Bonchev–Trinajstić information content (AvgIpc) is 3.63. The second kappa shape index (κ2) is 12.2. The molecular weight excluding hydrogens is 725 g/mol. The molecule has 7 aromatic rings. The molecule has 0 amide bonds. The number of aromatic nitrogens is 2. The van der Waals surface area contributed by atoms with Crippen molar-refractivity contribution in [2.75, 3.05) is 0 Å². The summed E-state index contributed by atoms with van der Waals surface area (Å²) < 4.78 is 31.2. The minimum absolute atomic E-state index is 0. The predicted molar refractivity (Wildman–Crippen MR) is 177 cm³/mol. The molecule has 0 bridgehead atoms. The van der Waals surface area contributed by atoms with Crippen LogP contribution >= 0.6 is 11.3 Å². The third-order valence-electron chi connectivity index (χ3n) is 7.61. The zero-order chi connectivity index (χ0) is 32.1. The van der Waals surface area contributed by atoms with Gasteiger partial charge in [-0.05, 0) is 71.7 Å². The molecule has 4 heterocycles. The summed E-state index contributed by atoms with van der Waals surface area (Å²) in [6, 6.07) is 26.8. The van der Waals surface area contributed by atoms with Gasteiger partial charge in [0.15, 0.2) is 0 Å². The van der Waals surface area contributed by atoms with Gasteiger partial charge in [-0.2, -0.15) is 0 Å². The molecule has 43 heavy (non-hydrogen) atoms. The summed E-state index contributed by atoms with van der Waals surface area (Å²) in [5.74, 6) is 0. The Morgan fingerprint density at radius 2 is 1.56 bits per heavy atom. The average molecular weight is 762 g/mol. The number of nitrogens with zero attached hydrogens (tertiary/aromatic N) is 2. The minimum atomic E-state index is -2.21. The van der Waals surface area contributed by atoms with Crippen molar-refractivity contribution in [3.8, 4) is 22.5 Å². The number of pyridine rings is 2. The Morgan fingerprint density at radius 1 is 0.791 bits per heavy atom. The number of aryl methyl sites for hydroxylation is 4. The Hall–Kier alpha value is -3.63. The first-order valence-electron chi connectivity index (χ1n) is 15.5. The molecule has 0 N–H and O–H groups in total. The number of thiophene rings is 1. The quantitative estimate of drug-likeness (QED) is 0.165. The molecule has 7 rings (SSSR count). The van der Waals surface area contributed by atoms with Crippen LogP contribution in [0.4, 0.5) is 0 Å². The molecule has 0 spiro atoms. The van der Waals surface area contributed by atoms with Gasteiger partial charge in [0.25, 0.3) is 0 Å². The smallest absolute Gasteiger partial charge is 0.129 e. The standard InChI is InChI=1S/C24H20NOS.C14H14N.Ir/c1-14-13-25-20(12-19(14)24(2,3)4)17-7-5-6-15-16-8-9-21-18(10-11-27-21)23(16)26-22(15)17;1-10-4-6-13(7-5-10)14-8-11(2)12(3)9-15-14;/h5-6,8-13H,1-4H3;4-6,8-9H,1-3H3;/q2*-1;/i1D3;;. The third kappa shape index (κ3) is 6.08. The summed E-state index contributed by atoms with van der Waals surface area (Å²) in [5.41, 5.74) is 9.48. The van der Waals surface area contributed by atoms with Crippen LogP contribution in [-0.2, 0) is 25.5 Å². The topological polar surface area (TPSA) is 38.9 Å². The van der Waals surface area contributed by atoms with Gasteiger partial charge < -0.3 is 14.4 Å². The molecule has 5 heteroatoms. The first-order valence-corrected chi connectivity index (χ1v) is 14.9. The molecule has 3 aromatic carbocycles. The third-order valence-corrected chi connectivity index (χ3v) is 8.50. The maximum absolute atomic E-state index is 7.90. The van der Waals surface area contributed by atoms with Crippen LogP contribution in [-0.4, -0.2) is 9.97 Å². The molecule has 0 unspecified atom stereocenters. The van der Waals surface area contributed by atoms with Crippen molar-refractivity contribution in [2.45, 2.75) is 53.8 Å². The van der Waals surface area contributed by atoms with E-state index in [1.165, 1.54) is 27.6 Å². The van der Waals surface area contributed by atoms with Gasteiger partial charge in [-0.15, -0.1) is 64.9 Å². The molecule has 4 aromatic heterocycles. The van der Waals surface area contributed by atoms with Crippen LogP contribution in [0.3, 0.4) is 0 Å². The van der Waals surface area contributed by atoms with Crippen LogP contribution in [0.25, 0.3) is 54.5 Å². The Labute approximate surface area is 275 Å². The van der Waals surface area contributed by atoms with E-state index in [4.69, 9.17) is 8.53 Å². The van der Waals surface area contributed by atoms with E-state index in [1.807, 2.05) is 51.2 Å². The molecular formula is C38H34IrN2OS-2. The van der Waals surface area contributed by atoms with Crippen molar-refractivity contribution in [1.29, 1.82) is 0 Å². The SMILES string of the molecule is Cc1c[c-]c(-c2cc(C)c(C)cn2)cc1.[2H]C([2H])([2H])c1cnc(-c2[c-]ccc3c2oc2c4ccsc4ccc32)cc1C(C)(C)C.[Ir]. The first-order chi connectivity index (χ1) is 21.3. The van der Waals surface area contributed by atoms with Gasteiger partial charge >= 0.3 is 0 Å². The van der Waals surface area contributed by atoms with Gasteiger partial charge in [-0.3, -0.25) is 0 Å². The van der Waals surface area contributed by atoms with Crippen molar-refractivity contribution < 1.29 is 28.6 Å². The number of furan rings is 1. The Bertz CT molecular complexity index is 2170. The second-order valence-corrected chi connectivity index (χ2v) is 12.7. The maximum atomic E-state index is 7.90. The zero-order valence-corrected chi connectivity index (χ0v) is 28.3. The van der Waals surface area contributed by atoms with Gasteiger partial charge in [0, 0.05) is 52.1 Å². The molecule has 1 radical (unpaired) electrons. The number of hydrogen-bond acceptors (Lipinski definition) is 4. The molecule has 0 atom stereocenters. The van der Waals surface area contributed by atoms with Crippen molar-refractivity contribution >= 4 is 43.4 Å². The summed E-state index contributed by atoms with van der Waals surface area (Å²) in [6.45, 7) is 10.1. The van der Waals surface area contributed by atoms with Gasteiger partial charge in [-0.25, -0.2) is 0 Å². The summed E-state index contributed by atoms with van der Waals surface area (Å²) in [4.78, 5) is 8.92. The summed E-state index contributed by atoms with van der Waals surface area (Å²) in [5, 5.41) is 5.22. The van der Waals surface area contributed by atoms with Crippen LogP contribution in [0, 0.1) is 39.8 Å². The molecule has 0 aliphatic rings. The van der Waals surface area contributed by atoms with Crippen molar-refractivity contribution in [3.05, 3.63) is 118 Å². The van der Waals surface area contributed by atoms with E-state index in [0.717, 1.165) is 49.7 Å². The van der Waals surface area contributed by atoms with Gasteiger partial charge in [0.05, 0.1) is 5.58 Å². The van der Waals surface area contributed by atoms with Crippen LogP contribution < -0.4 is 0 Å².